The lowest BCUT2D eigenvalue weighted by Gasteiger charge is -2.18. The topological polar surface area (TPSA) is 103 Å². The molecule has 1 rings (SSSR count). The molecule has 0 aliphatic carbocycles. The lowest BCUT2D eigenvalue weighted by Crippen LogP contribution is -2.42. The fourth-order valence-electron chi connectivity index (χ4n) is 2.36. The molecule has 0 saturated carbocycles. The molecule has 0 aliphatic rings. The predicted molar refractivity (Wildman–Crippen MR) is 104 cm³/mol. The van der Waals surface area contributed by atoms with Crippen molar-refractivity contribution in [2.75, 3.05) is 32.2 Å². The van der Waals surface area contributed by atoms with Gasteiger partial charge in [-0.15, -0.1) is 6.42 Å². The van der Waals surface area contributed by atoms with Gasteiger partial charge in [0.1, 0.15) is 11.8 Å². The Labute approximate surface area is 164 Å². The molecule has 0 aliphatic heterocycles. The minimum atomic E-state index is -0.985. The van der Waals surface area contributed by atoms with Crippen molar-refractivity contribution in [2.45, 2.75) is 32.7 Å². The highest BCUT2D eigenvalue weighted by Gasteiger charge is 2.25. The molecular formula is C20H26N2O6. The Kier molecular flexibility index (Phi) is 9.97. The molecule has 0 fully saturated rings. The largest absolute Gasteiger partial charge is 0.496 e. The predicted octanol–water partition coefficient (Wildman–Crippen LogP) is 1.75. The Bertz CT molecular complexity index is 726. The van der Waals surface area contributed by atoms with Gasteiger partial charge in [0.15, 0.2) is 0 Å². The molecule has 0 spiro atoms. The Balaban J connectivity index is 2.92. The summed E-state index contributed by atoms with van der Waals surface area (Å²) >= 11 is 0. The van der Waals surface area contributed by atoms with Crippen molar-refractivity contribution < 1.29 is 28.6 Å². The fourth-order valence-corrected chi connectivity index (χ4v) is 2.36. The summed E-state index contributed by atoms with van der Waals surface area (Å²) in [5, 5.41) is 5.58. The Hall–Kier alpha value is -3.21. The van der Waals surface area contributed by atoms with E-state index in [4.69, 9.17) is 20.6 Å². The number of benzene rings is 1. The Morgan fingerprint density at radius 2 is 1.89 bits per heavy atom. The third-order valence-corrected chi connectivity index (χ3v) is 3.66. The molecule has 0 saturated heterocycles. The van der Waals surface area contributed by atoms with Crippen LogP contribution in [0.25, 0.3) is 0 Å². The molecule has 28 heavy (non-hydrogen) atoms. The molecule has 0 unspecified atom stereocenters. The van der Waals surface area contributed by atoms with E-state index in [1.807, 2.05) is 0 Å². The van der Waals surface area contributed by atoms with Crippen LogP contribution in [0.1, 0.15) is 37.0 Å². The first-order valence-corrected chi connectivity index (χ1v) is 8.95. The first kappa shape index (κ1) is 22.8. The summed E-state index contributed by atoms with van der Waals surface area (Å²) in [5.74, 6) is 1.17. The van der Waals surface area contributed by atoms with Crippen molar-refractivity contribution in [3.05, 3.63) is 23.8 Å². The van der Waals surface area contributed by atoms with Crippen LogP contribution in [-0.4, -0.2) is 50.8 Å². The van der Waals surface area contributed by atoms with Crippen molar-refractivity contribution in [1.29, 1.82) is 0 Å². The van der Waals surface area contributed by atoms with Crippen molar-refractivity contribution in [3.8, 4) is 18.1 Å². The highest BCUT2D eigenvalue weighted by molar-refractivity contribution is 5.99. The SMILES string of the molecule is C#CCNc1ccc(C(=O)N[C@H](CCC(=O)OCC)C(=O)OCC)c(OC)c1. The molecule has 1 aromatic carbocycles. The molecule has 2 N–H and O–H groups in total. The second-order valence-electron chi connectivity index (χ2n) is 5.59. The molecule has 0 heterocycles. The first-order valence-electron chi connectivity index (χ1n) is 8.95. The number of hydrogen-bond acceptors (Lipinski definition) is 7. The van der Waals surface area contributed by atoms with Gasteiger partial charge >= 0.3 is 11.9 Å². The van der Waals surface area contributed by atoms with E-state index in [1.54, 1.807) is 32.0 Å². The average Bonchev–Trinajstić information content (AvgIpc) is 2.69. The third-order valence-electron chi connectivity index (χ3n) is 3.66. The second-order valence-corrected chi connectivity index (χ2v) is 5.59. The minimum Gasteiger partial charge on any atom is -0.496 e. The molecule has 152 valence electrons. The van der Waals surface area contributed by atoms with Gasteiger partial charge in [-0.3, -0.25) is 9.59 Å². The zero-order valence-electron chi connectivity index (χ0n) is 16.4. The minimum absolute atomic E-state index is 0.0241. The highest BCUT2D eigenvalue weighted by Crippen LogP contribution is 2.23. The van der Waals surface area contributed by atoms with Gasteiger partial charge in [0.25, 0.3) is 5.91 Å². The molecule has 0 aromatic heterocycles. The molecule has 1 aromatic rings. The smallest absolute Gasteiger partial charge is 0.328 e. The maximum absolute atomic E-state index is 12.7. The van der Waals surface area contributed by atoms with Crippen molar-refractivity contribution in [3.63, 3.8) is 0 Å². The number of anilines is 1. The highest BCUT2D eigenvalue weighted by atomic mass is 16.5. The standard InChI is InChI=1S/C20H26N2O6/c1-5-12-21-14-8-9-15(17(13-14)26-4)19(24)22-16(20(25)28-7-3)10-11-18(23)27-6-2/h1,8-9,13,16,21H,6-7,10-12H2,2-4H3,(H,22,24)/t16-/m1/s1. The maximum Gasteiger partial charge on any atom is 0.328 e. The van der Waals surface area contributed by atoms with E-state index in [0.717, 1.165) is 0 Å². The van der Waals surface area contributed by atoms with Crippen LogP contribution in [-0.2, 0) is 19.1 Å². The van der Waals surface area contributed by atoms with Gasteiger partial charge in [-0.2, -0.15) is 0 Å². The van der Waals surface area contributed by atoms with Crippen LogP contribution >= 0.6 is 0 Å². The van der Waals surface area contributed by atoms with Crippen LogP contribution in [0.4, 0.5) is 5.69 Å². The van der Waals surface area contributed by atoms with Gasteiger partial charge in [-0.05, 0) is 32.4 Å². The molecule has 1 amide bonds. The van der Waals surface area contributed by atoms with E-state index in [9.17, 15) is 14.4 Å². The monoisotopic (exact) mass is 390 g/mol. The first-order chi connectivity index (χ1) is 13.5. The number of methoxy groups -OCH3 is 1. The number of nitrogens with one attached hydrogen (secondary N) is 2. The number of esters is 2. The van der Waals surface area contributed by atoms with Crippen LogP contribution in [0.5, 0.6) is 5.75 Å². The number of terminal acetylenes is 1. The zero-order valence-corrected chi connectivity index (χ0v) is 16.4. The van der Waals surface area contributed by atoms with E-state index < -0.39 is 23.9 Å². The Morgan fingerprint density at radius 3 is 2.50 bits per heavy atom. The van der Waals surface area contributed by atoms with Gasteiger partial charge in [0.05, 0.1) is 32.4 Å². The van der Waals surface area contributed by atoms with Crippen LogP contribution in [0.3, 0.4) is 0 Å². The van der Waals surface area contributed by atoms with Gasteiger partial charge < -0.3 is 24.8 Å². The van der Waals surface area contributed by atoms with Crippen LogP contribution in [0, 0.1) is 12.3 Å². The van der Waals surface area contributed by atoms with E-state index in [2.05, 4.69) is 16.6 Å². The van der Waals surface area contributed by atoms with E-state index in [-0.39, 0.29) is 31.6 Å². The summed E-state index contributed by atoms with van der Waals surface area (Å²) in [7, 11) is 1.43. The zero-order chi connectivity index (χ0) is 20.9. The molecule has 8 heteroatoms. The van der Waals surface area contributed by atoms with Crippen LogP contribution in [0.15, 0.2) is 18.2 Å². The van der Waals surface area contributed by atoms with Crippen molar-refractivity contribution >= 4 is 23.5 Å². The summed E-state index contributed by atoms with van der Waals surface area (Å²) < 4.78 is 15.1. The molecular weight excluding hydrogens is 364 g/mol. The van der Waals surface area contributed by atoms with Gasteiger partial charge in [0, 0.05) is 18.2 Å². The number of hydrogen-bond donors (Lipinski definition) is 2. The number of amides is 1. The van der Waals surface area contributed by atoms with Gasteiger partial charge in [-0.1, -0.05) is 5.92 Å². The quantitative estimate of drug-likeness (QED) is 0.438. The fraction of sp³-hybridized carbons (Fsp3) is 0.450. The van der Waals surface area contributed by atoms with Crippen LogP contribution in [0.2, 0.25) is 0 Å². The van der Waals surface area contributed by atoms with E-state index in [1.165, 1.54) is 7.11 Å². The molecule has 1 atom stereocenters. The molecule has 0 radical (unpaired) electrons. The lowest BCUT2D eigenvalue weighted by molar-refractivity contribution is -0.146. The summed E-state index contributed by atoms with van der Waals surface area (Å²) in [6.45, 7) is 4.08. The lowest BCUT2D eigenvalue weighted by atomic mass is 10.1. The van der Waals surface area contributed by atoms with Gasteiger partial charge in [0.2, 0.25) is 0 Å². The number of carbonyl (C=O) groups excluding carboxylic acids is 3. The summed E-state index contributed by atoms with van der Waals surface area (Å²) in [5.41, 5.74) is 0.926. The van der Waals surface area contributed by atoms with Crippen LogP contribution < -0.4 is 15.4 Å². The maximum atomic E-state index is 12.7. The average molecular weight is 390 g/mol. The second kappa shape index (κ2) is 12.2. The summed E-state index contributed by atoms with van der Waals surface area (Å²) in [4.78, 5) is 36.4. The summed E-state index contributed by atoms with van der Waals surface area (Å²) in [6.07, 6.45) is 5.26. The normalized spacial score (nSPS) is 10.9. The number of rotatable bonds is 11. The number of ether oxygens (including phenoxy) is 3. The molecule has 8 nitrogen and oxygen atoms in total. The third kappa shape index (κ3) is 7.19. The van der Waals surface area contributed by atoms with Gasteiger partial charge in [-0.25, -0.2) is 4.79 Å². The number of carbonyl (C=O) groups is 3. The summed E-state index contributed by atoms with van der Waals surface area (Å²) in [6, 6.07) is 3.87. The van der Waals surface area contributed by atoms with Crippen molar-refractivity contribution in [2.24, 2.45) is 0 Å². The van der Waals surface area contributed by atoms with E-state index >= 15 is 0 Å². The molecule has 0 bridgehead atoms. The Morgan fingerprint density at radius 1 is 1.18 bits per heavy atom. The van der Waals surface area contributed by atoms with Crippen molar-refractivity contribution in [1.82, 2.24) is 5.32 Å². The van der Waals surface area contributed by atoms with E-state index in [0.29, 0.717) is 18.0 Å².